The fraction of sp³-hybridized carbons (Fsp3) is 0.200. The van der Waals surface area contributed by atoms with Gasteiger partial charge in [-0.3, -0.25) is 4.79 Å². The number of hydrogen-bond acceptors (Lipinski definition) is 4. The lowest BCUT2D eigenvalue weighted by molar-refractivity contribution is -0.119. The fourth-order valence-corrected chi connectivity index (χ4v) is 3.33. The number of methoxy groups -OCH3 is 2. The molecule has 3 N–H and O–H groups in total. The van der Waals surface area contributed by atoms with Gasteiger partial charge >= 0.3 is 0 Å². The summed E-state index contributed by atoms with van der Waals surface area (Å²) in [6, 6.07) is 10.5. The van der Waals surface area contributed by atoms with Crippen molar-refractivity contribution in [3.63, 3.8) is 0 Å². The minimum atomic E-state index is -0.671. The quantitative estimate of drug-likeness (QED) is 0.669. The van der Waals surface area contributed by atoms with Crippen molar-refractivity contribution in [3.05, 3.63) is 66.1 Å². The maximum atomic E-state index is 13.1. The molecule has 2 aromatic rings. The van der Waals surface area contributed by atoms with Gasteiger partial charge in [-0.2, -0.15) is 0 Å². The van der Waals surface area contributed by atoms with E-state index >= 15 is 0 Å². The Morgan fingerprint density at radius 2 is 1.82 bits per heavy atom. The fourth-order valence-electron chi connectivity index (χ4n) is 3.07. The second-order valence-corrected chi connectivity index (χ2v) is 6.60. The number of halogens is 1. The molecular weight excluding hydrogens is 381 g/mol. The molecule has 28 heavy (non-hydrogen) atoms. The van der Waals surface area contributed by atoms with E-state index in [0.717, 1.165) is 5.56 Å². The van der Waals surface area contributed by atoms with Crippen molar-refractivity contribution in [2.75, 3.05) is 19.5 Å². The summed E-state index contributed by atoms with van der Waals surface area (Å²) in [7, 11) is 3.09. The predicted octanol–water partition coefficient (Wildman–Crippen LogP) is 3.13. The summed E-state index contributed by atoms with van der Waals surface area (Å²) >= 11 is 5.24. The van der Waals surface area contributed by atoms with Gasteiger partial charge in [0.05, 0.1) is 20.3 Å². The first-order chi connectivity index (χ1) is 13.4. The van der Waals surface area contributed by atoms with Crippen LogP contribution in [-0.2, 0) is 4.79 Å². The van der Waals surface area contributed by atoms with E-state index in [9.17, 15) is 9.18 Å². The topological polar surface area (TPSA) is 71.6 Å². The van der Waals surface area contributed by atoms with Gasteiger partial charge in [0.15, 0.2) is 16.6 Å². The lowest BCUT2D eigenvalue weighted by Crippen LogP contribution is -2.51. The Labute approximate surface area is 167 Å². The summed E-state index contributed by atoms with van der Waals surface area (Å²) in [4.78, 5) is 13.0. The molecule has 0 saturated carbocycles. The SMILES string of the molecule is C=C1NC(=S)N[C@H](c2ccc(OC)c(OC)c2)[C@H]1C(=O)Nc1ccc(F)cc1. The van der Waals surface area contributed by atoms with Crippen molar-refractivity contribution >= 4 is 28.9 Å². The van der Waals surface area contributed by atoms with Crippen LogP contribution in [0.5, 0.6) is 11.5 Å². The van der Waals surface area contributed by atoms with E-state index in [4.69, 9.17) is 21.7 Å². The third-order valence-electron chi connectivity index (χ3n) is 4.43. The van der Waals surface area contributed by atoms with Crippen LogP contribution in [0.4, 0.5) is 10.1 Å². The lowest BCUT2D eigenvalue weighted by Gasteiger charge is -2.35. The molecule has 0 radical (unpaired) electrons. The second-order valence-electron chi connectivity index (χ2n) is 6.19. The Morgan fingerprint density at radius 1 is 1.14 bits per heavy atom. The summed E-state index contributed by atoms with van der Waals surface area (Å²) in [5.74, 6) is -0.242. The molecule has 0 bridgehead atoms. The van der Waals surface area contributed by atoms with Gasteiger partial charge in [0, 0.05) is 11.4 Å². The van der Waals surface area contributed by atoms with Crippen molar-refractivity contribution in [2.45, 2.75) is 6.04 Å². The van der Waals surface area contributed by atoms with Gasteiger partial charge in [-0.1, -0.05) is 12.6 Å². The molecule has 1 aliphatic rings. The molecule has 2 atom stereocenters. The Morgan fingerprint density at radius 3 is 2.46 bits per heavy atom. The average molecular weight is 401 g/mol. The summed E-state index contributed by atoms with van der Waals surface area (Å²) < 4.78 is 23.8. The third kappa shape index (κ3) is 4.07. The molecule has 8 heteroatoms. The van der Waals surface area contributed by atoms with Crippen molar-refractivity contribution in [1.82, 2.24) is 10.6 Å². The van der Waals surface area contributed by atoms with Crippen LogP contribution in [0.1, 0.15) is 11.6 Å². The minimum Gasteiger partial charge on any atom is -0.493 e. The predicted molar refractivity (Wildman–Crippen MR) is 109 cm³/mol. The Balaban J connectivity index is 1.92. The van der Waals surface area contributed by atoms with Crippen LogP contribution in [-0.4, -0.2) is 25.2 Å². The number of amides is 1. The van der Waals surface area contributed by atoms with E-state index < -0.39 is 12.0 Å². The highest BCUT2D eigenvalue weighted by Gasteiger charge is 2.37. The van der Waals surface area contributed by atoms with Crippen molar-refractivity contribution < 1.29 is 18.7 Å². The summed E-state index contributed by atoms with van der Waals surface area (Å²) in [5, 5.41) is 9.19. The normalized spacial score (nSPS) is 18.7. The van der Waals surface area contributed by atoms with Crippen LogP contribution in [0.15, 0.2) is 54.7 Å². The van der Waals surface area contributed by atoms with Crippen LogP contribution in [0, 0.1) is 11.7 Å². The largest absolute Gasteiger partial charge is 0.493 e. The van der Waals surface area contributed by atoms with E-state index in [1.54, 1.807) is 26.4 Å². The highest BCUT2D eigenvalue weighted by Crippen LogP contribution is 2.35. The highest BCUT2D eigenvalue weighted by molar-refractivity contribution is 7.80. The maximum Gasteiger partial charge on any atom is 0.235 e. The van der Waals surface area contributed by atoms with Crippen LogP contribution < -0.4 is 25.4 Å². The molecular formula is C20H20FN3O3S. The number of hydrogen-bond donors (Lipinski definition) is 3. The zero-order valence-electron chi connectivity index (χ0n) is 15.4. The van der Waals surface area contributed by atoms with Gasteiger partial charge in [0.25, 0.3) is 0 Å². The molecule has 1 saturated heterocycles. The van der Waals surface area contributed by atoms with E-state index in [2.05, 4.69) is 22.5 Å². The van der Waals surface area contributed by atoms with Crippen LogP contribution >= 0.6 is 12.2 Å². The first-order valence-corrected chi connectivity index (χ1v) is 8.88. The van der Waals surface area contributed by atoms with Gasteiger partial charge in [0.2, 0.25) is 5.91 Å². The molecule has 0 aromatic heterocycles. The molecule has 146 valence electrons. The number of carbonyl (C=O) groups is 1. The molecule has 0 aliphatic carbocycles. The number of rotatable bonds is 5. The van der Waals surface area contributed by atoms with Gasteiger partial charge < -0.3 is 25.4 Å². The number of ether oxygens (including phenoxy) is 2. The zero-order chi connectivity index (χ0) is 20.3. The number of thiocarbonyl (C=S) groups is 1. The smallest absolute Gasteiger partial charge is 0.235 e. The van der Waals surface area contributed by atoms with E-state index in [0.29, 0.717) is 28.0 Å². The Hall–Kier alpha value is -3.13. The first kappa shape index (κ1) is 19.6. The Kier molecular flexibility index (Phi) is 5.79. The molecule has 6 nitrogen and oxygen atoms in total. The number of nitrogens with one attached hydrogen (secondary N) is 3. The van der Waals surface area contributed by atoms with Crippen LogP contribution in [0.2, 0.25) is 0 Å². The second kappa shape index (κ2) is 8.26. The van der Waals surface area contributed by atoms with Crippen molar-refractivity contribution in [3.8, 4) is 11.5 Å². The van der Waals surface area contributed by atoms with Crippen LogP contribution in [0.25, 0.3) is 0 Å². The van der Waals surface area contributed by atoms with Gasteiger partial charge in [-0.25, -0.2) is 4.39 Å². The van der Waals surface area contributed by atoms with Crippen molar-refractivity contribution in [1.29, 1.82) is 0 Å². The molecule has 3 rings (SSSR count). The van der Waals surface area contributed by atoms with Gasteiger partial charge in [-0.15, -0.1) is 0 Å². The monoisotopic (exact) mass is 401 g/mol. The zero-order valence-corrected chi connectivity index (χ0v) is 16.2. The molecule has 1 aliphatic heterocycles. The van der Waals surface area contributed by atoms with E-state index in [-0.39, 0.29) is 11.7 Å². The molecule has 1 heterocycles. The number of benzene rings is 2. The first-order valence-electron chi connectivity index (χ1n) is 8.47. The summed E-state index contributed by atoms with van der Waals surface area (Å²) in [6.45, 7) is 3.96. The lowest BCUT2D eigenvalue weighted by atomic mass is 9.88. The minimum absolute atomic E-state index is 0.307. The van der Waals surface area contributed by atoms with Gasteiger partial charge in [0.1, 0.15) is 11.7 Å². The Bertz CT molecular complexity index is 917. The molecule has 0 unspecified atom stereocenters. The standard InChI is InChI=1S/C20H20FN3O3S/c1-11-17(19(25)23-14-7-5-13(21)6-8-14)18(24-20(28)22-11)12-4-9-15(26-2)16(10-12)27-3/h4-10,17-18H,1H2,2-3H3,(H,23,25)(H2,22,24,28)/t17-,18+/m0/s1. The molecule has 0 spiro atoms. The molecule has 1 amide bonds. The number of carbonyl (C=O) groups excluding carboxylic acids is 1. The molecule has 1 fully saturated rings. The highest BCUT2D eigenvalue weighted by atomic mass is 32.1. The van der Waals surface area contributed by atoms with E-state index in [1.165, 1.54) is 24.3 Å². The van der Waals surface area contributed by atoms with E-state index in [1.807, 2.05) is 6.07 Å². The van der Waals surface area contributed by atoms with Crippen molar-refractivity contribution in [2.24, 2.45) is 5.92 Å². The van der Waals surface area contributed by atoms with Crippen LogP contribution in [0.3, 0.4) is 0 Å². The van der Waals surface area contributed by atoms with Gasteiger partial charge in [-0.05, 0) is 54.2 Å². The average Bonchev–Trinajstić information content (AvgIpc) is 2.68. The third-order valence-corrected chi connectivity index (χ3v) is 4.65. The maximum absolute atomic E-state index is 13.1. The summed E-state index contributed by atoms with van der Waals surface area (Å²) in [5.41, 5.74) is 1.73. The number of anilines is 1. The molecule has 2 aromatic carbocycles. The summed E-state index contributed by atoms with van der Waals surface area (Å²) in [6.07, 6.45) is 0.